The van der Waals surface area contributed by atoms with Crippen LogP contribution in [0, 0.1) is 44.4 Å². The van der Waals surface area contributed by atoms with E-state index in [-0.39, 0.29) is 63.2 Å². The minimum absolute atomic E-state index is 0. The summed E-state index contributed by atoms with van der Waals surface area (Å²) in [6.07, 6.45) is 7.98. The van der Waals surface area contributed by atoms with Gasteiger partial charge in [0.1, 0.15) is 0 Å². The Morgan fingerprint density at radius 2 is 1.90 bits per heavy atom. The first-order valence-corrected chi connectivity index (χ1v) is 9.39. The number of nitrogens with zero attached hydrogens (tertiary/aromatic N) is 1. The molecule has 1 fully saturated rings. The molecule has 146 valence electrons. The third-order valence-corrected chi connectivity index (χ3v) is 4.96. The normalized spacial score (nSPS) is 13.1. The second kappa shape index (κ2) is 13.0. The fourth-order valence-electron chi connectivity index (χ4n) is 3.05. The maximum Gasteiger partial charge on any atom is 1.00 e. The molecular weight excluding hydrogens is 387 g/mol. The topological polar surface area (TPSA) is 70.0 Å². The van der Waals surface area contributed by atoms with E-state index in [1.165, 1.54) is 0 Å². The van der Waals surface area contributed by atoms with E-state index in [4.69, 9.17) is 5.26 Å². The van der Waals surface area contributed by atoms with Gasteiger partial charge in [-0.3, -0.25) is 22.8 Å². The number of aryl methyl sites for hydroxylation is 2. The Morgan fingerprint density at radius 1 is 1.21 bits per heavy atom. The summed E-state index contributed by atoms with van der Waals surface area (Å²) >= 11 is 0. The van der Waals surface area contributed by atoms with E-state index in [2.05, 4.69) is 24.7 Å². The molecule has 1 aliphatic rings. The molecular formula is C24H25KN2O2-2. The van der Waals surface area contributed by atoms with Gasteiger partial charge in [0.15, 0.2) is 0 Å². The van der Waals surface area contributed by atoms with Gasteiger partial charge in [0.2, 0.25) is 5.91 Å². The number of anilines is 1. The van der Waals surface area contributed by atoms with Crippen molar-refractivity contribution < 1.29 is 61.0 Å². The monoisotopic (exact) mass is 412 g/mol. The van der Waals surface area contributed by atoms with Gasteiger partial charge < -0.3 is 16.5 Å². The van der Waals surface area contributed by atoms with Crippen molar-refractivity contribution in [2.75, 3.05) is 5.32 Å². The maximum atomic E-state index is 12.0. The average Bonchev–Trinajstić information content (AvgIpc) is 2.72. The molecule has 0 aromatic heterocycles. The zero-order valence-electron chi connectivity index (χ0n) is 17.4. The third-order valence-electron chi connectivity index (χ3n) is 4.96. The first kappa shape index (κ1) is 25.6. The van der Waals surface area contributed by atoms with Crippen molar-refractivity contribution in [3.8, 4) is 6.07 Å². The molecule has 2 aromatic rings. The largest absolute Gasteiger partial charge is 1.00 e. The minimum Gasteiger partial charge on any atom is -0.391 e. The summed E-state index contributed by atoms with van der Waals surface area (Å²) < 4.78 is 0. The summed E-state index contributed by atoms with van der Waals surface area (Å²) in [6, 6.07) is 13.0. The Kier molecular flexibility index (Phi) is 11.5. The molecule has 1 saturated carbocycles. The summed E-state index contributed by atoms with van der Waals surface area (Å²) in [5, 5.41) is 11.9. The van der Waals surface area contributed by atoms with Crippen molar-refractivity contribution in [2.24, 2.45) is 5.92 Å². The summed E-state index contributed by atoms with van der Waals surface area (Å²) in [5.41, 5.74) is 4.63. The van der Waals surface area contributed by atoms with Crippen LogP contribution < -0.4 is 56.7 Å². The Hall–Kier alpha value is -1.42. The minimum atomic E-state index is 0. The van der Waals surface area contributed by atoms with Crippen LogP contribution in [0.2, 0.25) is 0 Å². The van der Waals surface area contributed by atoms with Crippen LogP contribution in [0.4, 0.5) is 5.69 Å². The van der Waals surface area contributed by atoms with Crippen molar-refractivity contribution in [3.63, 3.8) is 0 Å². The maximum absolute atomic E-state index is 12.0. The number of amides is 1. The molecule has 0 bridgehead atoms. The van der Waals surface area contributed by atoms with Gasteiger partial charge in [0.05, 0.1) is 11.6 Å². The van der Waals surface area contributed by atoms with Gasteiger partial charge in [-0.1, -0.05) is 25.8 Å². The van der Waals surface area contributed by atoms with Gasteiger partial charge in [-0.15, -0.1) is 12.1 Å². The summed E-state index contributed by atoms with van der Waals surface area (Å²) in [5.74, 6) is 0.192. The third kappa shape index (κ3) is 7.73. The number of hydrogen-bond donors (Lipinski definition) is 1. The zero-order chi connectivity index (χ0) is 20.5. The molecule has 1 amide bonds. The quantitative estimate of drug-likeness (QED) is 0.618. The van der Waals surface area contributed by atoms with Gasteiger partial charge in [0, 0.05) is 11.6 Å². The van der Waals surface area contributed by atoms with Gasteiger partial charge in [0.25, 0.3) is 0 Å². The second-order valence-corrected chi connectivity index (χ2v) is 6.97. The van der Waals surface area contributed by atoms with E-state index in [9.17, 15) is 9.59 Å². The molecule has 3 rings (SSSR count). The second-order valence-electron chi connectivity index (χ2n) is 6.97. The molecule has 29 heavy (non-hydrogen) atoms. The van der Waals surface area contributed by atoms with E-state index in [0.717, 1.165) is 48.1 Å². The fraction of sp³-hybridized carbons (Fsp3) is 0.292. The van der Waals surface area contributed by atoms with Gasteiger partial charge in [-0.2, -0.15) is 18.1 Å². The predicted molar refractivity (Wildman–Crippen MR) is 111 cm³/mol. The van der Waals surface area contributed by atoms with E-state index in [1.807, 2.05) is 44.4 Å². The van der Waals surface area contributed by atoms with Crippen molar-refractivity contribution in [3.05, 3.63) is 77.6 Å². The molecule has 0 radical (unpaired) electrons. The Labute approximate surface area is 216 Å². The molecule has 5 heteroatoms. The molecule has 0 aliphatic heterocycles. The molecule has 2 aromatic carbocycles. The van der Waals surface area contributed by atoms with E-state index in [1.54, 1.807) is 12.1 Å². The number of benzene rings is 2. The number of nitriles is 1. The SMILES string of the molecule is Cc1ccc(NC(=O)C2CC[CH-]CC2)cc1C#N.[CH2-]c1c(C)cccc1[C-]=O.[K+]. The number of carbonyl (C=O) groups is 1. The van der Waals surface area contributed by atoms with Crippen LogP contribution in [0.25, 0.3) is 0 Å². The Balaban J connectivity index is 0.000000327. The number of hydrogen-bond acceptors (Lipinski definition) is 3. The molecule has 0 atom stereocenters. The van der Waals surface area contributed by atoms with E-state index in [0.29, 0.717) is 11.1 Å². The zero-order valence-corrected chi connectivity index (χ0v) is 20.5. The van der Waals surface area contributed by atoms with Crippen LogP contribution in [-0.2, 0) is 9.59 Å². The molecule has 4 nitrogen and oxygen atoms in total. The summed E-state index contributed by atoms with van der Waals surface area (Å²) in [4.78, 5) is 22.3. The fourth-order valence-corrected chi connectivity index (χ4v) is 3.05. The van der Waals surface area contributed by atoms with Gasteiger partial charge in [-0.05, 0) is 30.9 Å². The average molecular weight is 413 g/mol. The van der Waals surface area contributed by atoms with E-state index >= 15 is 0 Å². The van der Waals surface area contributed by atoms with Crippen molar-refractivity contribution >= 4 is 17.9 Å². The molecule has 0 spiro atoms. The Morgan fingerprint density at radius 3 is 2.48 bits per heavy atom. The summed E-state index contributed by atoms with van der Waals surface area (Å²) in [6.45, 7) is 7.54. The predicted octanol–water partition coefficient (Wildman–Crippen LogP) is 1.84. The molecule has 1 N–H and O–H groups in total. The van der Waals surface area contributed by atoms with Crippen LogP contribution >= 0.6 is 0 Å². The number of nitrogens with one attached hydrogen (secondary N) is 1. The van der Waals surface area contributed by atoms with Crippen LogP contribution in [0.5, 0.6) is 0 Å². The standard InChI is InChI=1S/C15H17N2O.C9H8O.K/c1-11-7-8-14(9-13(11)10-16)17-15(18)12-5-3-2-4-6-12;1-7-4-3-5-9(6-10)8(7)2;/h2,7-9,12H,3-6H2,1H3,(H,17,18);3-5H,2H2,1H3;/q-1;-2;+1. The van der Waals surface area contributed by atoms with E-state index < -0.39 is 0 Å². The van der Waals surface area contributed by atoms with Gasteiger partial charge >= 0.3 is 51.4 Å². The Bertz CT molecular complexity index is 881. The summed E-state index contributed by atoms with van der Waals surface area (Å²) in [7, 11) is 0. The van der Waals surface area contributed by atoms with Crippen LogP contribution in [0.15, 0.2) is 36.4 Å². The molecule has 1 aliphatic carbocycles. The van der Waals surface area contributed by atoms with Crippen LogP contribution in [-0.4, -0.2) is 12.2 Å². The first-order valence-electron chi connectivity index (χ1n) is 9.39. The molecule has 0 heterocycles. The van der Waals surface area contributed by atoms with Crippen molar-refractivity contribution in [1.29, 1.82) is 5.26 Å². The van der Waals surface area contributed by atoms with Crippen LogP contribution in [0.1, 0.15) is 53.5 Å². The number of carbonyl (C=O) groups excluding carboxylic acids is 2. The van der Waals surface area contributed by atoms with Crippen molar-refractivity contribution in [1.82, 2.24) is 0 Å². The first-order chi connectivity index (χ1) is 13.5. The smallest absolute Gasteiger partial charge is 0.391 e. The van der Waals surface area contributed by atoms with Crippen LogP contribution in [0.3, 0.4) is 0 Å². The number of rotatable bonds is 3. The van der Waals surface area contributed by atoms with Gasteiger partial charge in [-0.25, -0.2) is 11.6 Å². The molecule has 0 saturated heterocycles. The van der Waals surface area contributed by atoms with Crippen molar-refractivity contribution in [2.45, 2.75) is 39.5 Å². The molecule has 0 unspecified atom stereocenters.